The minimum absolute atomic E-state index is 0.0328. The number of likely N-dealkylation sites (tertiary alicyclic amines) is 2. The highest BCUT2D eigenvalue weighted by Crippen LogP contribution is 2.40. The third kappa shape index (κ3) is 9.83. The summed E-state index contributed by atoms with van der Waals surface area (Å²) in [5, 5.41) is 2.22. The molecule has 2 aromatic carbocycles. The van der Waals surface area contributed by atoms with Gasteiger partial charge in [0.15, 0.2) is 12.6 Å². The number of halogens is 1. The van der Waals surface area contributed by atoms with Gasteiger partial charge in [-0.25, -0.2) is 14.0 Å². The van der Waals surface area contributed by atoms with E-state index in [-0.39, 0.29) is 48.3 Å². The standard InChI is InChI=1S/C44H59FN6O7Si/c1-9-29-11-10-12-30-22-33(56-27-54-5)23-34(36(29)30)38-37(45)39-35(24-46-38)40(50-16-13-28-21-31(26-50)51(25-28)43(53)58-44(2,3)4)48-41(47-39)57-32-14-17-49(18-15-32)42(52)55-19-20-59(6,7)8/h10-12,22-24,28,31-32H,9,13-21,25-27H2,1-8H3. The lowest BCUT2D eigenvalue weighted by molar-refractivity contribution is 0.0221. The Morgan fingerprint density at radius 2 is 1.78 bits per heavy atom. The van der Waals surface area contributed by atoms with Gasteiger partial charge in [-0.05, 0) is 80.5 Å². The minimum Gasteiger partial charge on any atom is -0.468 e. The van der Waals surface area contributed by atoms with Crippen LogP contribution >= 0.6 is 0 Å². The fourth-order valence-corrected chi connectivity index (χ4v) is 9.05. The summed E-state index contributed by atoms with van der Waals surface area (Å²) in [4.78, 5) is 46.4. The molecule has 318 valence electrons. The van der Waals surface area contributed by atoms with Crippen LogP contribution in [0.3, 0.4) is 0 Å². The van der Waals surface area contributed by atoms with E-state index in [4.69, 9.17) is 38.6 Å². The Balaban J connectivity index is 1.25. The average molecular weight is 831 g/mol. The van der Waals surface area contributed by atoms with E-state index in [9.17, 15) is 9.59 Å². The molecule has 13 nitrogen and oxygen atoms in total. The number of hydrogen-bond donors (Lipinski definition) is 0. The third-order valence-corrected chi connectivity index (χ3v) is 13.1. The van der Waals surface area contributed by atoms with Crippen molar-refractivity contribution >= 4 is 47.8 Å². The van der Waals surface area contributed by atoms with Gasteiger partial charge >= 0.3 is 18.2 Å². The number of pyridine rings is 1. The van der Waals surface area contributed by atoms with E-state index in [0.29, 0.717) is 80.6 Å². The highest BCUT2D eigenvalue weighted by Gasteiger charge is 2.41. The maximum Gasteiger partial charge on any atom is 0.410 e. The van der Waals surface area contributed by atoms with Crippen molar-refractivity contribution in [1.82, 2.24) is 24.8 Å². The molecule has 0 aliphatic carbocycles. The fourth-order valence-electron chi connectivity index (χ4n) is 8.33. The molecule has 59 heavy (non-hydrogen) atoms. The quantitative estimate of drug-likeness (QED) is 0.106. The molecule has 0 N–H and O–H groups in total. The molecule has 0 radical (unpaired) electrons. The largest absolute Gasteiger partial charge is 0.468 e. The van der Waals surface area contributed by atoms with E-state index in [1.54, 1.807) is 24.3 Å². The number of carbonyl (C=O) groups is 2. The van der Waals surface area contributed by atoms with Gasteiger partial charge in [-0.15, -0.1) is 0 Å². The highest BCUT2D eigenvalue weighted by molar-refractivity contribution is 6.76. The lowest BCUT2D eigenvalue weighted by atomic mass is 9.95. The molecule has 5 heterocycles. The van der Waals surface area contributed by atoms with Gasteiger partial charge in [0.1, 0.15) is 34.5 Å². The first-order chi connectivity index (χ1) is 28.1. The molecule has 0 saturated carbocycles. The van der Waals surface area contributed by atoms with Crippen LogP contribution in [0.25, 0.3) is 32.9 Å². The third-order valence-electron chi connectivity index (χ3n) is 11.4. The number of benzene rings is 2. The Hall–Kier alpha value is -4.76. The second-order valence-electron chi connectivity index (χ2n) is 18.3. The number of anilines is 1. The number of aryl methyl sites for hydroxylation is 1. The van der Waals surface area contributed by atoms with Crippen LogP contribution in [0.2, 0.25) is 25.7 Å². The maximum absolute atomic E-state index is 17.5. The van der Waals surface area contributed by atoms with E-state index < -0.39 is 19.5 Å². The summed E-state index contributed by atoms with van der Waals surface area (Å²) in [5.74, 6) is 0.717. The van der Waals surface area contributed by atoms with Crippen LogP contribution in [-0.2, 0) is 20.6 Å². The van der Waals surface area contributed by atoms with Crippen molar-refractivity contribution in [3.8, 4) is 23.0 Å². The normalized spacial score (nSPS) is 19.0. The van der Waals surface area contributed by atoms with Gasteiger partial charge in [-0.1, -0.05) is 44.8 Å². The molecule has 2 aromatic heterocycles. The predicted octanol–water partition coefficient (Wildman–Crippen LogP) is 8.68. The Kier molecular flexibility index (Phi) is 12.5. The van der Waals surface area contributed by atoms with E-state index in [2.05, 4.69) is 31.5 Å². The smallest absolute Gasteiger partial charge is 0.410 e. The molecule has 15 heteroatoms. The van der Waals surface area contributed by atoms with Crippen molar-refractivity contribution in [2.75, 3.05) is 58.1 Å². The number of ether oxygens (including phenoxy) is 5. The Labute approximate surface area is 347 Å². The number of rotatable bonds is 11. The molecule has 4 aromatic rings. The van der Waals surface area contributed by atoms with E-state index >= 15 is 4.39 Å². The summed E-state index contributed by atoms with van der Waals surface area (Å²) in [6.45, 7) is 17.6. The molecular formula is C44H59FN6O7Si. The van der Waals surface area contributed by atoms with Crippen LogP contribution < -0.4 is 14.4 Å². The maximum atomic E-state index is 17.5. The lowest BCUT2D eigenvalue weighted by Crippen LogP contribution is -2.46. The van der Waals surface area contributed by atoms with Crippen molar-refractivity contribution < 1.29 is 37.7 Å². The topological polar surface area (TPSA) is 129 Å². The van der Waals surface area contributed by atoms with Crippen molar-refractivity contribution in [2.45, 2.75) is 103 Å². The predicted molar refractivity (Wildman–Crippen MR) is 229 cm³/mol. The Bertz CT molecular complexity index is 2170. The Morgan fingerprint density at radius 3 is 2.49 bits per heavy atom. The zero-order chi connectivity index (χ0) is 42.1. The lowest BCUT2D eigenvalue weighted by Gasteiger charge is -2.34. The number of aromatic nitrogens is 3. The molecule has 2 bridgehead atoms. The molecule has 3 fully saturated rings. The summed E-state index contributed by atoms with van der Waals surface area (Å²) in [5.41, 5.74) is 1.22. The molecule has 2 amide bonds. The first-order valence-corrected chi connectivity index (χ1v) is 24.7. The van der Waals surface area contributed by atoms with Gasteiger partial charge < -0.3 is 38.4 Å². The first kappa shape index (κ1) is 42.4. The molecule has 3 aliphatic rings. The first-order valence-electron chi connectivity index (χ1n) is 21.0. The van der Waals surface area contributed by atoms with Crippen LogP contribution in [0.5, 0.6) is 11.8 Å². The second-order valence-corrected chi connectivity index (χ2v) is 23.9. The van der Waals surface area contributed by atoms with E-state index in [1.165, 1.54) is 0 Å². The molecule has 3 saturated heterocycles. The highest BCUT2D eigenvalue weighted by atomic mass is 28.3. The number of methoxy groups -OCH3 is 1. The summed E-state index contributed by atoms with van der Waals surface area (Å²) in [7, 11) is 0.215. The van der Waals surface area contributed by atoms with Gasteiger partial charge in [0.25, 0.3) is 0 Å². The fraction of sp³-hybridized carbons (Fsp3) is 0.568. The zero-order valence-electron chi connectivity index (χ0n) is 35.8. The van der Waals surface area contributed by atoms with Crippen LogP contribution in [0.15, 0.2) is 36.5 Å². The molecule has 7 rings (SSSR count). The summed E-state index contributed by atoms with van der Waals surface area (Å²) in [6, 6.07) is 10.6. The van der Waals surface area contributed by atoms with Gasteiger partial charge in [0.2, 0.25) is 0 Å². The molecule has 0 spiro atoms. The molecule has 3 aliphatic heterocycles. The summed E-state index contributed by atoms with van der Waals surface area (Å²) in [6.07, 6.45) is 4.19. The second kappa shape index (κ2) is 17.5. The van der Waals surface area contributed by atoms with Crippen LogP contribution in [0, 0.1) is 11.7 Å². The Morgan fingerprint density at radius 1 is 1.00 bits per heavy atom. The van der Waals surface area contributed by atoms with Gasteiger partial charge in [0.05, 0.1) is 18.0 Å². The molecule has 2 atom stereocenters. The number of hydrogen-bond acceptors (Lipinski definition) is 11. The minimum atomic E-state index is -1.34. The number of carbonyl (C=O) groups excluding carboxylic acids is 2. The van der Waals surface area contributed by atoms with E-state index in [0.717, 1.165) is 41.6 Å². The van der Waals surface area contributed by atoms with E-state index in [1.807, 2.05) is 49.9 Å². The molecular weight excluding hydrogens is 772 g/mol. The monoisotopic (exact) mass is 830 g/mol. The number of fused-ring (bicyclic) bond motifs is 4. The van der Waals surface area contributed by atoms with Crippen molar-refractivity contribution in [3.05, 3.63) is 47.9 Å². The van der Waals surface area contributed by atoms with Crippen molar-refractivity contribution in [1.29, 1.82) is 0 Å². The van der Waals surface area contributed by atoms with Crippen LogP contribution in [0.1, 0.15) is 58.9 Å². The van der Waals surface area contributed by atoms with Crippen LogP contribution in [-0.4, -0.2) is 116 Å². The van der Waals surface area contributed by atoms with Crippen LogP contribution in [0.4, 0.5) is 19.8 Å². The zero-order valence-corrected chi connectivity index (χ0v) is 36.8. The number of nitrogens with zero attached hydrogens (tertiary/aromatic N) is 6. The molecule has 2 unspecified atom stereocenters. The van der Waals surface area contributed by atoms with Crippen molar-refractivity contribution in [3.63, 3.8) is 0 Å². The van der Waals surface area contributed by atoms with Gasteiger partial charge in [0, 0.05) is 72.5 Å². The average Bonchev–Trinajstić information content (AvgIpc) is 3.47. The SMILES string of the molecule is CCc1cccc2cc(OCOC)cc(-c3ncc4c(N5CCC6CC(C5)N(C(=O)OC(C)(C)C)C6)nc(OC5CCN(C(=O)OCC[Si](C)(C)C)CC5)nc4c3F)c12. The van der Waals surface area contributed by atoms with Gasteiger partial charge in [-0.2, -0.15) is 9.97 Å². The summed E-state index contributed by atoms with van der Waals surface area (Å²) < 4.78 is 46.4. The summed E-state index contributed by atoms with van der Waals surface area (Å²) >= 11 is 0. The van der Waals surface area contributed by atoms with Crippen molar-refractivity contribution in [2.24, 2.45) is 5.92 Å². The van der Waals surface area contributed by atoms with Gasteiger partial charge in [-0.3, -0.25) is 4.98 Å². The number of piperidine rings is 1. The number of amides is 2.